The summed E-state index contributed by atoms with van der Waals surface area (Å²) in [7, 11) is 0. The lowest BCUT2D eigenvalue weighted by atomic mass is 9.87. The minimum atomic E-state index is 0.0455. The van der Waals surface area contributed by atoms with Crippen LogP contribution in [0.3, 0.4) is 0 Å². The Kier molecular flexibility index (Phi) is 5.40. The summed E-state index contributed by atoms with van der Waals surface area (Å²) in [5, 5.41) is 12.0. The van der Waals surface area contributed by atoms with Gasteiger partial charge in [-0.25, -0.2) is 0 Å². The summed E-state index contributed by atoms with van der Waals surface area (Å²) >= 11 is 0. The molecule has 1 aliphatic rings. The van der Waals surface area contributed by atoms with Gasteiger partial charge in [0.15, 0.2) is 0 Å². The van der Waals surface area contributed by atoms with Gasteiger partial charge in [-0.2, -0.15) is 0 Å². The molecule has 1 saturated carbocycles. The Bertz CT molecular complexity index is 411. The molecule has 0 spiro atoms. The predicted octanol–water partition coefficient (Wildman–Crippen LogP) is 2.77. The van der Waals surface area contributed by atoms with E-state index >= 15 is 0 Å². The number of hydrogen-bond acceptors (Lipinski definition) is 2. The van der Waals surface area contributed by atoms with Crippen LogP contribution in [0.2, 0.25) is 0 Å². The van der Waals surface area contributed by atoms with Crippen LogP contribution in [-0.2, 0) is 17.9 Å². The van der Waals surface area contributed by atoms with Crippen molar-refractivity contribution in [2.24, 2.45) is 5.92 Å². The highest BCUT2D eigenvalue weighted by Gasteiger charge is 2.16. The summed E-state index contributed by atoms with van der Waals surface area (Å²) in [6.45, 7) is 0.600. The summed E-state index contributed by atoms with van der Waals surface area (Å²) in [6.07, 6.45) is 6.94. The Hall–Kier alpha value is -1.35. The second kappa shape index (κ2) is 7.29. The molecule has 1 amide bonds. The molecule has 3 heteroatoms. The van der Waals surface area contributed by atoms with Gasteiger partial charge in [0.25, 0.3) is 0 Å². The third kappa shape index (κ3) is 4.67. The summed E-state index contributed by atoms with van der Waals surface area (Å²) in [5.41, 5.74) is 1.93. The Labute approximate surface area is 115 Å². The molecule has 0 unspecified atom stereocenters. The summed E-state index contributed by atoms with van der Waals surface area (Å²) in [5.74, 6) is 0.735. The van der Waals surface area contributed by atoms with Crippen LogP contribution < -0.4 is 5.32 Å². The van der Waals surface area contributed by atoms with Crippen molar-refractivity contribution >= 4 is 5.91 Å². The van der Waals surface area contributed by atoms with Crippen LogP contribution in [0, 0.1) is 5.92 Å². The van der Waals surface area contributed by atoms with Gasteiger partial charge in [-0.1, -0.05) is 43.5 Å². The van der Waals surface area contributed by atoms with Crippen molar-refractivity contribution in [3.8, 4) is 0 Å². The maximum atomic E-state index is 11.9. The Morgan fingerprint density at radius 2 is 1.95 bits per heavy atom. The molecule has 0 saturated heterocycles. The molecule has 3 nitrogen and oxygen atoms in total. The Morgan fingerprint density at radius 1 is 1.21 bits per heavy atom. The van der Waals surface area contributed by atoms with Gasteiger partial charge in [0.05, 0.1) is 6.61 Å². The van der Waals surface area contributed by atoms with E-state index in [0.29, 0.717) is 18.9 Å². The third-order valence-corrected chi connectivity index (χ3v) is 3.86. The molecule has 0 aliphatic heterocycles. The smallest absolute Gasteiger partial charge is 0.220 e. The van der Waals surface area contributed by atoms with Crippen LogP contribution in [0.25, 0.3) is 0 Å². The highest BCUT2D eigenvalue weighted by Crippen LogP contribution is 2.26. The minimum Gasteiger partial charge on any atom is -0.392 e. The predicted molar refractivity (Wildman–Crippen MR) is 75.4 cm³/mol. The number of aliphatic hydroxyl groups excluding tert-OH is 1. The molecule has 0 radical (unpaired) electrons. The monoisotopic (exact) mass is 261 g/mol. The Balaban J connectivity index is 1.76. The average molecular weight is 261 g/mol. The van der Waals surface area contributed by atoms with E-state index in [9.17, 15) is 4.79 Å². The molecule has 1 aromatic rings. The number of benzene rings is 1. The first kappa shape index (κ1) is 14.1. The molecule has 1 fully saturated rings. The molecule has 2 N–H and O–H groups in total. The SMILES string of the molecule is O=C(CC1CCCCC1)NCc1cccc(CO)c1. The molecule has 0 atom stereocenters. The van der Waals surface area contributed by atoms with Crippen molar-refractivity contribution in [3.05, 3.63) is 35.4 Å². The van der Waals surface area contributed by atoms with Crippen molar-refractivity contribution < 1.29 is 9.90 Å². The van der Waals surface area contributed by atoms with E-state index < -0.39 is 0 Å². The lowest BCUT2D eigenvalue weighted by Crippen LogP contribution is -2.25. The van der Waals surface area contributed by atoms with E-state index in [0.717, 1.165) is 11.1 Å². The maximum absolute atomic E-state index is 11.9. The number of aliphatic hydroxyl groups is 1. The number of amides is 1. The number of carbonyl (C=O) groups is 1. The van der Waals surface area contributed by atoms with Gasteiger partial charge in [-0.05, 0) is 29.9 Å². The second-order valence-corrected chi connectivity index (χ2v) is 5.46. The lowest BCUT2D eigenvalue weighted by Gasteiger charge is -2.20. The topological polar surface area (TPSA) is 49.3 Å². The number of hydrogen-bond donors (Lipinski definition) is 2. The molecule has 1 aliphatic carbocycles. The molecule has 19 heavy (non-hydrogen) atoms. The molecule has 104 valence electrons. The molecule has 0 aromatic heterocycles. The van der Waals surface area contributed by atoms with Gasteiger partial charge in [0, 0.05) is 13.0 Å². The van der Waals surface area contributed by atoms with Gasteiger partial charge in [-0.15, -0.1) is 0 Å². The summed E-state index contributed by atoms with van der Waals surface area (Å²) in [6, 6.07) is 7.70. The van der Waals surface area contributed by atoms with Crippen molar-refractivity contribution in [1.29, 1.82) is 0 Å². The molecular formula is C16H23NO2. The van der Waals surface area contributed by atoms with E-state index in [4.69, 9.17) is 5.11 Å². The number of rotatable bonds is 5. The zero-order valence-electron chi connectivity index (χ0n) is 11.4. The standard InChI is InChI=1S/C16H23NO2/c18-12-15-8-4-7-14(9-15)11-17-16(19)10-13-5-2-1-3-6-13/h4,7-9,13,18H,1-3,5-6,10-12H2,(H,17,19). The largest absolute Gasteiger partial charge is 0.392 e. The highest BCUT2D eigenvalue weighted by molar-refractivity contribution is 5.76. The van der Waals surface area contributed by atoms with Crippen molar-refractivity contribution in [2.75, 3.05) is 0 Å². The van der Waals surface area contributed by atoms with Crippen LogP contribution in [0.1, 0.15) is 49.7 Å². The van der Waals surface area contributed by atoms with Crippen LogP contribution in [0.5, 0.6) is 0 Å². The molecule has 0 bridgehead atoms. The van der Waals surface area contributed by atoms with Gasteiger partial charge < -0.3 is 10.4 Å². The van der Waals surface area contributed by atoms with Gasteiger partial charge in [-0.3, -0.25) is 4.79 Å². The molecule has 0 heterocycles. The number of nitrogens with one attached hydrogen (secondary N) is 1. The maximum Gasteiger partial charge on any atom is 0.220 e. The first-order valence-electron chi connectivity index (χ1n) is 7.23. The van der Waals surface area contributed by atoms with Gasteiger partial charge in [0.1, 0.15) is 0 Å². The summed E-state index contributed by atoms with van der Waals surface area (Å²) in [4.78, 5) is 11.9. The van der Waals surface area contributed by atoms with E-state index in [2.05, 4.69) is 5.32 Å². The van der Waals surface area contributed by atoms with Crippen molar-refractivity contribution in [3.63, 3.8) is 0 Å². The van der Waals surface area contributed by atoms with Crippen LogP contribution in [-0.4, -0.2) is 11.0 Å². The second-order valence-electron chi connectivity index (χ2n) is 5.46. The lowest BCUT2D eigenvalue weighted by molar-refractivity contribution is -0.122. The fourth-order valence-electron chi connectivity index (χ4n) is 2.76. The zero-order valence-corrected chi connectivity index (χ0v) is 11.4. The van der Waals surface area contributed by atoms with E-state index in [1.54, 1.807) is 0 Å². The van der Waals surface area contributed by atoms with Crippen LogP contribution in [0.15, 0.2) is 24.3 Å². The molecule has 1 aromatic carbocycles. The first-order valence-corrected chi connectivity index (χ1v) is 7.23. The zero-order chi connectivity index (χ0) is 13.5. The van der Waals surface area contributed by atoms with E-state index in [-0.39, 0.29) is 12.5 Å². The average Bonchev–Trinajstić information content (AvgIpc) is 2.46. The van der Waals surface area contributed by atoms with Crippen molar-refractivity contribution in [1.82, 2.24) is 5.32 Å². The normalized spacial score (nSPS) is 16.3. The van der Waals surface area contributed by atoms with Gasteiger partial charge >= 0.3 is 0 Å². The fourth-order valence-corrected chi connectivity index (χ4v) is 2.76. The minimum absolute atomic E-state index is 0.0455. The highest BCUT2D eigenvalue weighted by atomic mass is 16.3. The first-order chi connectivity index (χ1) is 9.28. The van der Waals surface area contributed by atoms with Crippen LogP contribution >= 0.6 is 0 Å². The van der Waals surface area contributed by atoms with Crippen molar-refractivity contribution in [2.45, 2.75) is 51.7 Å². The van der Waals surface area contributed by atoms with E-state index in [1.165, 1.54) is 32.1 Å². The molecule has 2 rings (SSSR count). The number of carbonyl (C=O) groups excluding carboxylic acids is 1. The quantitative estimate of drug-likeness (QED) is 0.856. The third-order valence-electron chi connectivity index (χ3n) is 3.86. The summed E-state index contributed by atoms with van der Waals surface area (Å²) < 4.78 is 0. The Morgan fingerprint density at radius 3 is 2.68 bits per heavy atom. The van der Waals surface area contributed by atoms with E-state index in [1.807, 2.05) is 24.3 Å². The molecular weight excluding hydrogens is 238 g/mol. The van der Waals surface area contributed by atoms with Crippen LogP contribution in [0.4, 0.5) is 0 Å². The fraction of sp³-hybridized carbons (Fsp3) is 0.562. The van der Waals surface area contributed by atoms with Gasteiger partial charge in [0.2, 0.25) is 5.91 Å².